The zero-order valence-electron chi connectivity index (χ0n) is 13.3. The van der Waals surface area contributed by atoms with Gasteiger partial charge in [0.1, 0.15) is 0 Å². The second-order valence-corrected chi connectivity index (χ2v) is 8.29. The molecule has 0 bridgehead atoms. The van der Waals surface area contributed by atoms with Crippen LogP contribution in [-0.4, -0.2) is 32.3 Å². The lowest BCUT2D eigenvalue weighted by Gasteiger charge is -2.16. The molecule has 0 radical (unpaired) electrons. The van der Waals surface area contributed by atoms with Crippen LogP contribution in [0.5, 0.6) is 0 Å². The third-order valence-electron chi connectivity index (χ3n) is 3.12. The van der Waals surface area contributed by atoms with E-state index in [1.165, 1.54) is 12.1 Å². The maximum atomic E-state index is 12.4. The van der Waals surface area contributed by atoms with Crippen LogP contribution >= 0.6 is 11.3 Å². The Labute approximate surface area is 141 Å². The molecule has 1 aromatic carbocycles. The van der Waals surface area contributed by atoms with E-state index in [9.17, 15) is 13.2 Å². The monoisotopic (exact) mass is 352 g/mol. The van der Waals surface area contributed by atoms with Gasteiger partial charge in [-0.2, -0.15) is 0 Å². The number of carbonyl (C=O) groups excluding carboxylic acids is 1. The third-order valence-corrected chi connectivity index (χ3v) is 5.66. The Bertz CT molecular complexity index is 751. The van der Waals surface area contributed by atoms with Crippen molar-refractivity contribution < 1.29 is 13.2 Å². The molecule has 1 heterocycles. The first-order valence-electron chi connectivity index (χ1n) is 7.20. The largest absolute Gasteiger partial charge is 0.337 e. The molecule has 0 saturated heterocycles. The highest BCUT2D eigenvalue weighted by atomic mass is 32.2. The van der Waals surface area contributed by atoms with Crippen molar-refractivity contribution in [2.24, 2.45) is 0 Å². The zero-order chi connectivity index (χ0) is 17.0. The Morgan fingerprint density at radius 1 is 1.22 bits per heavy atom. The van der Waals surface area contributed by atoms with Crippen molar-refractivity contribution in [3.63, 3.8) is 0 Å². The molecule has 0 aliphatic carbocycles. The molecule has 0 unspecified atom stereocenters. The van der Waals surface area contributed by atoms with Crippen molar-refractivity contribution >= 4 is 27.3 Å². The molecule has 1 N–H and O–H groups in total. The van der Waals surface area contributed by atoms with E-state index < -0.39 is 10.0 Å². The standard InChI is InChI=1S/C16H20N2O3S2/c1-12(2)17-23(20,21)15-8-6-13(7-9-15)16(19)18(3)11-14-5-4-10-22-14/h4-10,12,17H,11H2,1-3H3. The number of rotatable bonds is 6. The number of benzene rings is 1. The van der Waals surface area contributed by atoms with Crippen molar-refractivity contribution in [3.8, 4) is 0 Å². The van der Waals surface area contributed by atoms with Crippen LogP contribution in [0.15, 0.2) is 46.7 Å². The third kappa shape index (κ3) is 4.63. The van der Waals surface area contributed by atoms with Crippen LogP contribution in [0.1, 0.15) is 29.1 Å². The van der Waals surface area contributed by atoms with Gasteiger partial charge in [0.15, 0.2) is 0 Å². The lowest BCUT2D eigenvalue weighted by Crippen LogP contribution is -2.30. The summed E-state index contributed by atoms with van der Waals surface area (Å²) in [5.74, 6) is -0.140. The van der Waals surface area contributed by atoms with Crippen molar-refractivity contribution in [3.05, 3.63) is 52.2 Å². The number of hydrogen-bond donors (Lipinski definition) is 1. The fourth-order valence-corrected chi connectivity index (χ4v) is 4.09. The van der Waals surface area contributed by atoms with Gasteiger partial charge in [-0.05, 0) is 49.6 Å². The summed E-state index contributed by atoms with van der Waals surface area (Å²) in [5.41, 5.74) is 0.465. The Morgan fingerprint density at radius 2 is 1.87 bits per heavy atom. The van der Waals surface area contributed by atoms with Crippen LogP contribution in [-0.2, 0) is 16.6 Å². The van der Waals surface area contributed by atoms with Crippen LogP contribution in [0.25, 0.3) is 0 Å². The molecule has 0 atom stereocenters. The van der Waals surface area contributed by atoms with Gasteiger partial charge in [-0.25, -0.2) is 13.1 Å². The summed E-state index contributed by atoms with van der Waals surface area (Å²) in [7, 11) is -1.81. The van der Waals surface area contributed by atoms with E-state index in [2.05, 4.69) is 4.72 Å². The molecule has 5 nitrogen and oxygen atoms in total. The minimum absolute atomic E-state index is 0.140. The maximum absolute atomic E-state index is 12.4. The van der Waals surface area contributed by atoms with Crippen molar-refractivity contribution in [2.75, 3.05) is 7.05 Å². The SMILES string of the molecule is CC(C)NS(=O)(=O)c1ccc(C(=O)N(C)Cc2cccs2)cc1. The number of nitrogens with zero attached hydrogens (tertiary/aromatic N) is 1. The number of hydrogen-bond acceptors (Lipinski definition) is 4. The number of sulfonamides is 1. The minimum Gasteiger partial charge on any atom is -0.337 e. The van der Waals surface area contributed by atoms with Crippen molar-refractivity contribution in [1.82, 2.24) is 9.62 Å². The molecule has 2 aromatic rings. The Kier molecular flexibility index (Phi) is 5.56. The summed E-state index contributed by atoms with van der Waals surface area (Å²) in [5, 5.41) is 1.97. The van der Waals surface area contributed by atoms with Gasteiger partial charge in [0.25, 0.3) is 5.91 Å². The van der Waals surface area contributed by atoms with Gasteiger partial charge in [-0.15, -0.1) is 11.3 Å². The molecule has 1 aromatic heterocycles. The topological polar surface area (TPSA) is 66.5 Å². The molecule has 0 saturated carbocycles. The predicted octanol–water partition coefficient (Wildman–Crippen LogP) is 2.71. The highest BCUT2D eigenvalue weighted by molar-refractivity contribution is 7.89. The molecule has 1 amide bonds. The summed E-state index contributed by atoms with van der Waals surface area (Å²) >= 11 is 1.59. The van der Waals surface area contributed by atoms with Crippen LogP contribution < -0.4 is 4.72 Å². The summed E-state index contributed by atoms with van der Waals surface area (Å²) < 4.78 is 26.6. The molecule has 2 rings (SSSR count). The van der Waals surface area contributed by atoms with Gasteiger partial charge < -0.3 is 4.90 Å². The number of carbonyl (C=O) groups is 1. The summed E-state index contributed by atoms with van der Waals surface area (Å²) in [4.78, 5) is 15.2. The van der Waals surface area contributed by atoms with Crippen LogP contribution in [0.2, 0.25) is 0 Å². The quantitative estimate of drug-likeness (QED) is 0.869. The summed E-state index contributed by atoms with van der Waals surface area (Å²) in [6.07, 6.45) is 0. The first-order chi connectivity index (χ1) is 10.8. The van der Waals surface area contributed by atoms with Crippen molar-refractivity contribution in [2.45, 2.75) is 31.3 Å². The van der Waals surface area contributed by atoms with Gasteiger partial charge >= 0.3 is 0 Å². The van der Waals surface area contributed by atoms with Gasteiger partial charge in [-0.3, -0.25) is 4.79 Å². The fraction of sp³-hybridized carbons (Fsp3) is 0.312. The first-order valence-corrected chi connectivity index (χ1v) is 9.56. The smallest absolute Gasteiger partial charge is 0.253 e. The molecule has 0 aliphatic rings. The van der Waals surface area contributed by atoms with E-state index in [1.54, 1.807) is 49.3 Å². The van der Waals surface area contributed by atoms with Gasteiger partial charge in [0.2, 0.25) is 10.0 Å². The molecular formula is C16H20N2O3S2. The Balaban J connectivity index is 2.11. The van der Waals surface area contributed by atoms with E-state index >= 15 is 0 Å². The lowest BCUT2D eigenvalue weighted by atomic mass is 10.2. The lowest BCUT2D eigenvalue weighted by molar-refractivity contribution is 0.0786. The number of thiophene rings is 1. The summed E-state index contributed by atoms with van der Waals surface area (Å²) in [6.45, 7) is 4.05. The number of nitrogens with one attached hydrogen (secondary N) is 1. The molecule has 124 valence electrons. The summed E-state index contributed by atoms with van der Waals surface area (Å²) in [6, 6.07) is 9.73. The highest BCUT2D eigenvalue weighted by Gasteiger charge is 2.17. The average molecular weight is 352 g/mol. The Morgan fingerprint density at radius 3 is 2.39 bits per heavy atom. The van der Waals surface area contributed by atoms with Crippen molar-refractivity contribution in [1.29, 1.82) is 0 Å². The average Bonchev–Trinajstić information content (AvgIpc) is 2.98. The second-order valence-electron chi connectivity index (χ2n) is 5.54. The van der Waals surface area contributed by atoms with Crippen LogP contribution in [0, 0.1) is 0 Å². The normalized spacial score (nSPS) is 11.7. The fourth-order valence-electron chi connectivity index (χ4n) is 2.08. The molecule has 23 heavy (non-hydrogen) atoms. The zero-order valence-corrected chi connectivity index (χ0v) is 14.9. The van der Waals surface area contributed by atoms with E-state index in [0.29, 0.717) is 12.1 Å². The molecule has 0 fully saturated rings. The van der Waals surface area contributed by atoms with E-state index in [-0.39, 0.29) is 16.8 Å². The van der Waals surface area contributed by atoms with Gasteiger partial charge in [-0.1, -0.05) is 6.07 Å². The maximum Gasteiger partial charge on any atom is 0.253 e. The molecule has 0 spiro atoms. The van der Waals surface area contributed by atoms with Gasteiger partial charge in [0.05, 0.1) is 11.4 Å². The molecule has 0 aliphatic heterocycles. The van der Waals surface area contributed by atoms with E-state index in [4.69, 9.17) is 0 Å². The number of amides is 1. The van der Waals surface area contributed by atoms with Gasteiger partial charge in [0, 0.05) is 23.5 Å². The predicted molar refractivity (Wildman–Crippen MR) is 92.0 cm³/mol. The highest BCUT2D eigenvalue weighted by Crippen LogP contribution is 2.15. The van der Waals surface area contributed by atoms with E-state index in [1.807, 2.05) is 17.5 Å². The molecule has 7 heteroatoms. The van der Waals surface area contributed by atoms with Crippen LogP contribution in [0.3, 0.4) is 0 Å². The Hall–Kier alpha value is -1.70. The first kappa shape index (κ1) is 17.7. The molecular weight excluding hydrogens is 332 g/mol. The minimum atomic E-state index is -3.54. The van der Waals surface area contributed by atoms with Crippen LogP contribution in [0.4, 0.5) is 0 Å². The second kappa shape index (κ2) is 7.25. The van der Waals surface area contributed by atoms with E-state index in [0.717, 1.165) is 4.88 Å².